The molecule has 146 valence electrons. The second-order valence-electron chi connectivity index (χ2n) is 6.24. The summed E-state index contributed by atoms with van der Waals surface area (Å²) >= 11 is 6.09. The number of hydrogen-bond donors (Lipinski definition) is 2. The summed E-state index contributed by atoms with van der Waals surface area (Å²) in [5.41, 5.74) is 1.13. The molecular formula is C19H23ClN2O4S. The fraction of sp³-hybridized carbons (Fsp3) is 0.316. The zero-order valence-corrected chi connectivity index (χ0v) is 16.8. The Morgan fingerprint density at radius 3 is 2.48 bits per heavy atom. The van der Waals surface area contributed by atoms with Crippen molar-refractivity contribution in [1.82, 2.24) is 10.0 Å². The number of halogens is 1. The Hall–Kier alpha value is -2.09. The first-order valence-corrected chi connectivity index (χ1v) is 10.4. The lowest BCUT2D eigenvalue weighted by Gasteiger charge is -2.12. The van der Waals surface area contributed by atoms with E-state index in [1.807, 2.05) is 30.3 Å². The second-order valence-corrected chi connectivity index (χ2v) is 8.36. The zero-order chi connectivity index (χ0) is 19.9. The first kappa shape index (κ1) is 21.2. The molecule has 0 aliphatic carbocycles. The number of amides is 1. The normalized spacial score (nSPS) is 11.4. The van der Waals surface area contributed by atoms with E-state index in [-0.39, 0.29) is 34.2 Å². The van der Waals surface area contributed by atoms with E-state index in [4.69, 9.17) is 16.3 Å². The third kappa shape index (κ3) is 6.86. The molecule has 0 fully saturated rings. The van der Waals surface area contributed by atoms with Crippen LogP contribution >= 0.6 is 11.6 Å². The van der Waals surface area contributed by atoms with Crippen molar-refractivity contribution in [1.29, 1.82) is 0 Å². The van der Waals surface area contributed by atoms with E-state index < -0.39 is 10.0 Å². The van der Waals surface area contributed by atoms with Gasteiger partial charge in [-0.25, -0.2) is 13.1 Å². The van der Waals surface area contributed by atoms with E-state index in [2.05, 4.69) is 10.0 Å². The van der Waals surface area contributed by atoms with Crippen molar-refractivity contribution < 1.29 is 17.9 Å². The van der Waals surface area contributed by atoms with E-state index >= 15 is 0 Å². The minimum atomic E-state index is -3.64. The molecule has 2 rings (SSSR count). The van der Waals surface area contributed by atoms with Gasteiger partial charge in [-0.2, -0.15) is 0 Å². The van der Waals surface area contributed by atoms with E-state index in [0.29, 0.717) is 6.54 Å². The summed E-state index contributed by atoms with van der Waals surface area (Å²) in [6.07, 6.45) is 0.725. The summed E-state index contributed by atoms with van der Waals surface area (Å²) in [5.74, 6) is -0.0291. The highest BCUT2D eigenvalue weighted by molar-refractivity contribution is 7.89. The summed E-state index contributed by atoms with van der Waals surface area (Å²) in [4.78, 5) is 11.9. The summed E-state index contributed by atoms with van der Waals surface area (Å²) in [5, 5.41) is 2.89. The van der Waals surface area contributed by atoms with Gasteiger partial charge < -0.3 is 10.1 Å². The molecule has 6 nitrogen and oxygen atoms in total. The number of hydrogen-bond acceptors (Lipinski definition) is 4. The van der Waals surface area contributed by atoms with Crippen LogP contribution in [-0.4, -0.2) is 33.5 Å². The minimum absolute atomic E-state index is 0.0425. The molecule has 0 saturated carbocycles. The molecule has 0 aliphatic rings. The first-order chi connectivity index (χ1) is 12.8. The van der Waals surface area contributed by atoms with Crippen molar-refractivity contribution >= 4 is 27.5 Å². The lowest BCUT2D eigenvalue weighted by atomic mass is 10.1. The highest BCUT2D eigenvalue weighted by Crippen LogP contribution is 2.27. The predicted molar refractivity (Wildman–Crippen MR) is 106 cm³/mol. The zero-order valence-electron chi connectivity index (χ0n) is 15.2. The van der Waals surface area contributed by atoms with Crippen LogP contribution in [0.4, 0.5) is 0 Å². The number of ether oxygens (including phenoxy) is 1. The van der Waals surface area contributed by atoms with Gasteiger partial charge in [-0.1, -0.05) is 41.9 Å². The Morgan fingerprint density at radius 2 is 1.85 bits per heavy atom. The topological polar surface area (TPSA) is 84.5 Å². The Morgan fingerprint density at radius 1 is 1.15 bits per heavy atom. The quantitative estimate of drug-likeness (QED) is 0.665. The molecule has 0 aromatic heterocycles. The molecule has 0 saturated heterocycles. The van der Waals surface area contributed by atoms with Crippen LogP contribution in [0.1, 0.15) is 19.4 Å². The SMILES string of the molecule is CC(C)NS(=O)(=O)c1ccc(OCC(=O)NCCc2ccccc2)c(Cl)c1. The minimum Gasteiger partial charge on any atom is -0.482 e. The fourth-order valence-corrected chi connectivity index (χ4v) is 3.91. The Bertz CT molecular complexity index is 871. The molecule has 0 atom stereocenters. The first-order valence-electron chi connectivity index (χ1n) is 8.53. The number of benzene rings is 2. The maximum absolute atomic E-state index is 12.1. The average molecular weight is 411 g/mol. The molecule has 0 heterocycles. The van der Waals surface area contributed by atoms with E-state index in [1.54, 1.807) is 13.8 Å². The van der Waals surface area contributed by atoms with Crippen LogP contribution in [0.5, 0.6) is 5.75 Å². The van der Waals surface area contributed by atoms with Gasteiger partial charge in [-0.15, -0.1) is 0 Å². The summed E-state index contributed by atoms with van der Waals surface area (Å²) in [6.45, 7) is 3.75. The largest absolute Gasteiger partial charge is 0.482 e. The van der Waals surface area contributed by atoms with Crippen molar-refractivity contribution in [3.8, 4) is 5.75 Å². The molecule has 27 heavy (non-hydrogen) atoms. The fourth-order valence-electron chi connectivity index (χ4n) is 2.33. The highest BCUT2D eigenvalue weighted by atomic mass is 35.5. The molecule has 2 aromatic carbocycles. The van der Waals surface area contributed by atoms with Crippen molar-refractivity contribution in [3.63, 3.8) is 0 Å². The lowest BCUT2D eigenvalue weighted by molar-refractivity contribution is -0.123. The highest BCUT2D eigenvalue weighted by Gasteiger charge is 2.17. The van der Waals surface area contributed by atoms with Crippen LogP contribution in [0.2, 0.25) is 5.02 Å². The number of nitrogens with one attached hydrogen (secondary N) is 2. The lowest BCUT2D eigenvalue weighted by Crippen LogP contribution is -2.31. The van der Waals surface area contributed by atoms with Gasteiger partial charge in [-0.05, 0) is 44.0 Å². The van der Waals surface area contributed by atoms with Crippen molar-refractivity contribution in [2.24, 2.45) is 0 Å². The Labute approximate surface area is 164 Å². The van der Waals surface area contributed by atoms with Crippen molar-refractivity contribution in [2.45, 2.75) is 31.2 Å². The Balaban J connectivity index is 1.85. The standard InChI is InChI=1S/C19H23ClN2O4S/c1-14(2)22-27(24,25)16-8-9-18(17(20)12-16)26-13-19(23)21-11-10-15-6-4-3-5-7-15/h3-9,12,14,22H,10-11,13H2,1-2H3,(H,21,23). The number of carbonyl (C=O) groups is 1. The molecule has 1 amide bonds. The molecule has 2 aromatic rings. The van der Waals surface area contributed by atoms with E-state index in [9.17, 15) is 13.2 Å². The molecule has 0 radical (unpaired) electrons. The van der Waals surface area contributed by atoms with E-state index in [0.717, 1.165) is 12.0 Å². The van der Waals surface area contributed by atoms with Crippen LogP contribution in [0, 0.1) is 0 Å². The molecule has 0 spiro atoms. The summed E-state index contributed by atoms with van der Waals surface area (Å²) in [7, 11) is -3.64. The van der Waals surface area contributed by atoms with Crippen LogP contribution in [0.3, 0.4) is 0 Å². The second kappa shape index (κ2) is 9.73. The maximum Gasteiger partial charge on any atom is 0.257 e. The van der Waals surface area contributed by atoms with Gasteiger partial charge >= 0.3 is 0 Å². The monoisotopic (exact) mass is 410 g/mol. The summed E-state index contributed by atoms with van der Waals surface area (Å²) < 4.78 is 32.1. The predicted octanol–water partition coefficient (Wildman–Crippen LogP) is 2.76. The van der Waals surface area contributed by atoms with E-state index in [1.165, 1.54) is 18.2 Å². The number of rotatable bonds is 9. The third-order valence-corrected chi connectivity index (χ3v) is 5.49. The van der Waals surface area contributed by atoms with Gasteiger partial charge in [0, 0.05) is 12.6 Å². The van der Waals surface area contributed by atoms with Gasteiger partial charge in [0.2, 0.25) is 10.0 Å². The molecule has 0 unspecified atom stereocenters. The van der Waals surface area contributed by atoms with Crippen LogP contribution in [-0.2, 0) is 21.2 Å². The molecule has 0 bridgehead atoms. The average Bonchev–Trinajstić information content (AvgIpc) is 2.60. The van der Waals surface area contributed by atoms with Gasteiger partial charge in [0.15, 0.2) is 6.61 Å². The Kier molecular flexibility index (Phi) is 7.65. The third-order valence-electron chi connectivity index (χ3n) is 3.54. The van der Waals surface area contributed by atoms with Crippen molar-refractivity contribution in [2.75, 3.05) is 13.2 Å². The number of sulfonamides is 1. The van der Waals surface area contributed by atoms with Crippen molar-refractivity contribution in [3.05, 3.63) is 59.1 Å². The molecule has 2 N–H and O–H groups in total. The van der Waals surface area contributed by atoms with Crippen LogP contribution in [0.25, 0.3) is 0 Å². The van der Waals surface area contributed by atoms with Gasteiger partial charge in [0.1, 0.15) is 5.75 Å². The van der Waals surface area contributed by atoms with Crippen LogP contribution in [0.15, 0.2) is 53.4 Å². The summed E-state index contributed by atoms with van der Waals surface area (Å²) in [6, 6.07) is 13.7. The number of carbonyl (C=O) groups excluding carboxylic acids is 1. The van der Waals surface area contributed by atoms with Gasteiger partial charge in [0.05, 0.1) is 9.92 Å². The van der Waals surface area contributed by atoms with Crippen LogP contribution < -0.4 is 14.8 Å². The van der Waals surface area contributed by atoms with Gasteiger partial charge in [-0.3, -0.25) is 4.79 Å². The molecular weight excluding hydrogens is 388 g/mol. The molecule has 0 aliphatic heterocycles. The molecule has 8 heteroatoms. The smallest absolute Gasteiger partial charge is 0.257 e. The van der Waals surface area contributed by atoms with Gasteiger partial charge in [0.25, 0.3) is 5.91 Å². The maximum atomic E-state index is 12.1.